The number of Topliss-reactive ketones (excluding diaryl/α,β-unsaturated/α-hetero) is 1. The molecule has 1 unspecified atom stereocenters. The molecule has 2 aromatic carbocycles. The molecule has 33 heavy (non-hydrogen) atoms. The average molecular weight is 443 g/mol. The van der Waals surface area contributed by atoms with E-state index in [1.54, 1.807) is 43.8 Å². The van der Waals surface area contributed by atoms with Crippen LogP contribution in [0.2, 0.25) is 0 Å². The quantitative estimate of drug-likeness (QED) is 0.336. The van der Waals surface area contributed by atoms with Crippen molar-refractivity contribution < 1.29 is 19.4 Å². The molecule has 0 bridgehead atoms. The summed E-state index contributed by atoms with van der Waals surface area (Å²) in [6, 6.07) is 17.5. The summed E-state index contributed by atoms with van der Waals surface area (Å²) in [6.07, 6.45) is 3.30. The number of methoxy groups -OCH3 is 1. The van der Waals surface area contributed by atoms with Gasteiger partial charge < -0.3 is 14.7 Å². The number of aliphatic hydroxyl groups excluding tert-OH is 1. The Bertz CT molecular complexity index is 1180. The molecule has 1 N–H and O–H groups in total. The molecule has 3 aromatic rings. The molecule has 1 aromatic heterocycles. The first-order valence-corrected chi connectivity index (χ1v) is 10.8. The molecule has 0 aliphatic carbocycles. The second-order valence-electron chi connectivity index (χ2n) is 8.33. The third-order valence-electron chi connectivity index (χ3n) is 5.92. The Balaban J connectivity index is 1.83. The van der Waals surface area contributed by atoms with Crippen molar-refractivity contribution in [3.8, 4) is 5.75 Å². The van der Waals surface area contributed by atoms with Crippen LogP contribution < -0.4 is 4.74 Å². The number of aromatic nitrogens is 1. The fraction of sp³-hybridized carbons (Fsp3) is 0.222. The molecule has 0 saturated carbocycles. The number of hydrogen-bond donors (Lipinski definition) is 1. The Morgan fingerprint density at radius 2 is 1.64 bits per heavy atom. The average Bonchev–Trinajstić information content (AvgIpc) is 3.09. The van der Waals surface area contributed by atoms with Crippen molar-refractivity contribution in [2.45, 2.75) is 32.4 Å². The number of ether oxygens (including phenoxy) is 1. The number of carbonyl (C=O) groups excluding carboxylic acids is 2. The molecule has 2 heterocycles. The summed E-state index contributed by atoms with van der Waals surface area (Å²) >= 11 is 0. The van der Waals surface area contributed by atoms with Gasteiger partial charge in [-0.25, -0.2) is 0 Å². The van der Waals surface area contributed by atoms with Gasteiger partial charge >= 0.3 is 0 Å². The summed E-state index contributed by atoms with van der Waals surface area (Å²) in [6.45, 7) is 4.44. The summed E-state index contributed by atoms with van der Waals surface area (Å²) in [4.78, 5) is 31.8. The summed E-state index contributed by atoms with van der Waals surface area (Å²) in [5, 5.41) is 11.2. The predicted molar refractivity (Wildman–Crippen MR) is 126 cm³/mol. The third kappa shape index (κ3) is 4.37. The number of aliphatic hydroxyl groups is 1. The lowest BCUT2D eigenvalue weighted by atomic mass is 9.93. The first-order valence-electron chi connectivity index (χ1n) is 10.8. The van der Waals surface area contributed by atoms with Crippen molar-refractivity contribution in [1.29, 1.82) is 0 Å². The zero-order valence-corrected chi connectivity index (χ0v) is 18.9. The second-order valence-corrected chi connectivity index (χ2v) is 8.33. The fourth-order valence-electron chi connectivity index (χ4n) is 4.04. The predicted octanol–water partition coefficient (Wildman–Crippen LogP) is 4.84. The number of likely N-dealkylation sites (tertiary alicyclic amines) is 1. The molecular formula is C27H26N2O4. The fourth-order valence-corrected chi connectivity index (χ4v) is 4.04. The van der Waals surface area contributed by atoms with E-state index in [1.165, 1.54) is 4.90 Å². The molecule has 6 heteroatoms. The maximum atomic E-state index is 13.2. The highest BCUT2D eigenvalue weighted by atomic mass is 16.5. The molecule has 1 aliphatic rings. The number of ketones is 1. The van der Waals surface area contributed by atoms with Crippen LogP contribution in [-0.4, -0.2) is 33.8 Å². The van der Waals surface area contributed by atoms with Gasteiger partial charge in [-0.3, -0.25) is 14.6 Å². The Hall–Kier alpha value is -3.93. The van der Waals surface area contributed by atoms with Gasteiger partial charge in [-0.15, -0.1) is 0 Å². The Morgan fingerprint density at radius 1 is 1.00 bits per heavy atom. The topological polar surface area (TPSA) is 79.7 Å². The Labute approximate surface area is 193 Å². The molecule has 0 spiro atoms. The minimum absolute atomic E-state index is 0.0801. The largest absolute Gasteiger partial charge is 0.507 e. The van der Waals surface area contributed by atoms with E-state index in [0.717, 1.165) is 16.7 Å². The molecule has 1 saturated heterocycles. The van der Waals surface area contributed by atoms with Crippen molar-refractivity contribution in [3.05, 3.63) is 101 Å². The van der Waals surface area contributed by atoms with Crippen molar-refractivity contribution in [2.75, 3.05) is 7.11 Å². The first kappa shape index (κ1) is 22.3. The van der Waals surface area contributed by atoms with Crippen LogP contribution >= 0.6 is 0 Å². The van der Waals surface area contributed by atoms with E-state index < -0.39 is 17.7 Å². The summed E-state index contributed by atoms with van der Waals surface area (Å²) in [7, 11) is 1.56. The molecule has 168 valence electrons. The zero-order valence-electron chi connectivity index (χ0n) is 18.9. The van der Waals surface area contributed by atoms with Gasteiger partial charge in [0, 0.05) is 24.5 Å². The lowest BCUT2D eigenvalue weighted by Gasteiger charge is -2.25. The van der Waals surface area contributed by atoms with E-state index in [0.29, 0.717) is 17.2 Å². The zero-order chi connectivity index (χ0) is 23.5. The monoisotopic (exact) mass is 442 g/mol. The van der Waals surface area contributed by atoms with Gasteiger partial charge in [0.15, 0.2) is 0 Å². The number of benzene rings is 2. The minimum Gasteiger partial charge on any atom is -0.507 e. The van der Waals surface area contributed by atoms with Crippen LogP contribution in [0.3, 0.4) is 0 Å². The van der Waals surface area contributed by atoms with Crippen molar-refractivity contribution in [1.82, 2.24) is 9.88 Å². The van der Waals surface area contributed by atoms with Gasteiger partial charge in [-0.1, -0.05) is 38.1 Å². The van der Waals surface area contributed by atoms with Crippen molar-refractivity contribution in [3.63, 3.8) is 0 Å². The highest BCUT2D eigenvalue weighted by molar-refractivity contribution is 6.46. The van der Waals surface area contributed by atoms with Crippen LogP contribution in [0.15, 0.2) is 78.6 Å². The van der Waals surface area contributed by atoms with Crippen molar-refractivity contribution >= 4 is 17.4 Å². The normalized spacial score (nSPS) is 17.6. The summed E-state index contributed by atoms with van der Waals surface area (Å²) < 4.78 is 5.18. The number of carbonyl (C=O) groups is 2. The van der Waals surface area contributed by atoms with Gasteiger partial charge in [0.05, 0.1) is 18.7 Å². The number of nitrogens with zero attached hydrogens (tertiary/aromatic N) is 2. The number of rotatable bonds is 6. The van der Waals surface area contributed by atoms with Crippen LogP contribution in [0.25, 0.3) is 5.76 Å². The summed E-state index contributed by atoms with van der Waals surface area (Å²) in [5.41, 5.74) is 3.29. The van der Waals surface area contributed by atoms with Crippen LogP contribution in [0, 0.1) is 0 Å². The Morgan fingerprint density at radius 3 is 2.21 bits per heavy atom. The maximum Gasteiger partial charge on any atom is 0.295 e. The van der Waals surface area contributed by atoms with Crippen molar-refractivity contribution in [2.24, 2.45) is 0 Å². The molecule has 1 fully saturated rings. The van der Waals surface area contributed by atoms with Crippen LogP contribution in [0.4, 0.5) is 0 Å². The summed E-state index contributed by atoms with van der Waals surface area (Å²) in [5.74, 6) is -0.562. The smallest absolute Gasteiger partial charge is 0.295 e. The van der Waals surface area contributed by atoms with E-state index in [1.807, 2.05) is 36.4 Å². The van der Waals surface area contributed by atoms with Gasteiger partial charge in [0.1, 0.15) is 11.5 Å². The van der Waals surface area contributed by atoms with Crippen LogP contribution in [-0.2, 0) is 16.1 Å². The van der Waals surface area contributed by atoms with E-state index in [4.69, 9.17) is 4.74 Å². The van der Waals surface area contributed by atoms with Crippen LogP contribution in [0.5, 0.6) is 5.75 Å². The van der Waals surface area contributed by atoms with Crippen LogP contribution in [0.1, 0.15) is 48.1 Å². The second kappa shape index (κ2) is 9.28. The third-order valence-corrected chi connectivity index (χ3v) is 5.92. The lowest BCUT2D eigenvalue weighted by Crippen LogP contribution is -2.29. The molecular weight excluding hydrogens is 416 g/mol. The molecule has 0 radical (unpaired) electrons. The van der Waals surface area contributed by atoms with E-state index in [-0.39, 0.29) is 17.9 Å². The van der Waals surface area contributed by atoms with E-state index in [9.17, 15) is 14.7 Å². The van der Waals surface area contributed by atoms with E-state index >= 15 is 0 Å². The first-order chi connectivity index (χ1) is 15.9. The SMILES string of the molecule is COc1ccc(/C(O)=C2/C(=O)C(=O)N(Cc3ccncc3)C2c2ccc(C(C)C)cc2)cc1. The standard InChI is InChI=1S/C27H26N2O4/c1-17(2)19-4-6-20(7-5-19)24-23(25(30)21-8-10-22(33-3)11-9-21)26(31)27(32)29(24)16-18-12-14-28-15-13-18/h4-15,17,24,30H,16H2,1-3H3/b25-23-. The van der Waals surface area contributed by atoms with Gasteiger partial charge in [-0.05, 0) is 59.0 Å². The Kier molecular flexibility index (Phi) is 6.27. The van der Waals surface area contributed by atoms with Gasteiger partial charge in [-0.2, -0.15) is 0 Å². The van der Waals surface area contributed by atoms with E-state index in [2.05, 4.69) is 18.8 Å². The molecule has 1 aliphatic heterocycles. The van der Waals surface area contributed by atoms with Gasteiger partial charge in [0.2, 0.25) is 0 Å². The maximum absolute atomic E-state index is 13.2. The van der Waals surface area contributed by atoms with Gasteiger partial charge in [0.25, 0.3) is 11.7 Å². The number of pyridine rings is 1. The number of hydrogen-bond acceptors (Lipinski definition) is 5. The molecule has 4 rings (SSSR count). The molecule has 1 atom stereocenters. The molecule has 6 nitrogen and oxygen atoms in total. The molecule has 1 amide bonds. The number of amides is 1. The minimum atomic E-state index is -0.707. The highest BCUT2D eigenvalue weighted by Gasteiger charge is 2.46. The lowest BCUT2D eigenvalue weighted by molar-refractivity contribution is -0.140. The highest BCUT2D eigenvalue weighted by Crippen LogP contribution is 2.40.